The summed E-state index contributed by atoms with van der Waals surface area (Å²) in [4.78, 5) is 31.9. The van der Waals surface area contributed by atoms with Crippen molar-refractivity contribution in [1.29, 1.82) is 0 Å². The van der Waals surface area contributed by atoms with Crippen LogP contribution in [0.1, 0.15) is 37.0 Å². The number of nitrogens with zero attached hydrogens (tertiary/aromatic N) is 3. The maximum Gasteiger partial charge on any atom is 0.253 e. The van der Waals surface area contributed by atoms with Crippen molar-refractivity contribution in [3.05, 3.63) is 84.4 Å². The highest BCUT2D eigenvalue weighted by molar-refractivity contribution is 5.95. The van der Waals surface area contributed by atoms with E-state index in [0.717, 1.165) is 55.0 Å². The van der Waals surface area contributed by atoms with E-state index in [1.807, 2.05) is 79.4 Å². The van der Waals surface area contributed by atoms with Gasteiger partial charge < -0.3 is 19.9 Å². The molecule has 204 valence electrons. The van der Waals surface area contributed by atoms with Crippen molar-refractivity contribution in [2.75, 3.05) is 50.9 Å². The summed E-state index contributed by atoms with van der Waals surface area (Å²) in [5.41, 5.74) is 3.45. The van der Waals surface area contributed by atoms with Gasteiger partial charge >= 0.3 is 0 Å². The van der Waals surface area contributed by atoms with Gasteiger partial charge in [-0.1, -0.05) is 42.5 Å². The lowest BCUT2D eigenvalue weighted by molar-refractivity contribution is -0.125. The number of hydrogen-bond acceptors (Lipinski definition) is 5. The fourth-order valence-electron chi connectivity index (χ4n) is 5.74. The van der Waals surface area contributed by atoms with Gasteiger partial charge in [-0.05, 0) is 74.2 Å². The number of likely N-dealkylation sites (tertiary alicyclic amines) is 1. The summed E-state index contributed by atoms with van der Waals surface area (Å²) in [5.74, 6) is 1.04. The summed E-state index contributed by atoms with van der Waals surface area (Å²) in [5, 5.41) is 3.07. The SMILES string of the molecule is CCN(CC)C(=O)c1ccc(-c2cccc(OCCN3CCC4(CC3)C(=O)NCN4c3ccccc3)c2)cc1. The van der Waals surface area contributed by atoms with E-state index in [1.54, 1.807) is 0 Å². The molecule has 0 aromatic heterocycles. The Labute approximate surface area is 231 Å². The molecule has 1 spiro atoms. The lowest BCUT2D eigenvalue weighted by Gasteiger charge is -2.43. The monoisotopic (exact) mass is 526 g/mol. The van der Waals surface area contributed by atoms with Crippen molar-refractivity contribution in [3.8, 4) is 16.9 Å². The van der Waals surface area contributed by atoms with E-state index in [4.69, 9.17) is 4.74 Å². The van der Waals surface area contributed by atoms with Crippen molar-refractivity contribution < 1.29 is 14.3 Å². The molecule has 7 nitrogen and oxygen atoms in total. The average Bonchev–Trinajstić information content (AvgIpc) is 3.30. The van der Waals surface area contributed by atoms with Crippen molar-refractivity contribution >= 4 is 17.5 Å². The molecule has 2 amide bonds. The molecule has 5 rings (SSSR count). The molecule has 3 aromatic carbocycles. The lowest BCUT2D eigenvalue weighted by Crippen LogP contribution is -2.56. The molecular formula is C32H38N4O3. The van der Waals surface area contributed by atoms with Gasteiger partial charge in [-0.15, -0.1) is 0 Å². The van der Waals surface area contributed by atoms with E-state index >= 15 is 0 Å². The molecule has 0 saturated carbocycles. The van der Waals surface area contributed by atoms with Gasteiger partial charge in [0.05, 0.1) is 6.67 Å². The summed E-state index contributed by atoms with van der Waals surface area (Å²) in [6, 6.07) is 26.1. The van der Waals surface area contributed by atoms with Crippen LogP contribution in [0.15, 0.2) is 78.9 Å². The van der Waals surface area contributed by atoms with Crippen LogP contribution in [0.4, 0.5) is 5.69 Å². The molecule has 0 atom stereocenters. The second kappa shape index (κ2) is 11.9. The molecule has 0 aliphatic carbocycles. The molecule has 39 heavy (non-hydrogen) atoms. The number of carbonyl (C=O) groups excluding carboxylic acids is 2. The molecule has 0 unspecified atom stereocenters. The maximum atomic E-state index is 12.9. The first-order chi connectivity index (χ1) is 19.0. The zero-order valence-corrected chi connectivity index (χ0v) is 22.9. The first-order valence-electron chi connectivity index (χ1n) is 14.0. The van der Waals surface area contributed by atoms with Gasteiger partial charge in [0.15, 0.2) is 0 Å². The normalized spacial score (nSPS) is 16.8. The molecule has 2 fully saturated rings. The number of piperidine rings is 1. The van der Waals surface area contributed by atoms with Crippen LogP contribution in [-0.4, -0.2) is 73.2 Å². The average molecular weight is 527 g/mol. The summed E-state index contributed by atoms with van der Waals surface area (Å²) in [7, 11) is 0. The fourth-order valence-corrected chi connectivity index (χ4v) is 5.74. The lowest BCUT2D eigenvalue weighted by atomic mass is 9.85. The zero-order chi connectivity index (χ0) is 27.2. The highest BCUT2D eigenvalue weighted by Gasteiger charge is 2.50. The first kappa shape index (κ1) is 26.8. The topological polar surface area (TPSA) is 65.1 Å². The number of nitrogens with one attached hydrogen (secondary N) is 1. The van der Waals surface area contributed by atoms with E-state index in [2.05, 4.69) is 33.3 Å². The number of carbonyl (C=O) groups is 2. The van der Waals surface area contributed by atoms with Gasteiger partial charge in [0, 0.05) is 44.0 Å². The first-order valence-corrected chi connectivity index (χ1v) is 14.0. The van der Waals surface area contributed by atoms with Gasteiger partial charge in [-0.2, -0.15) is 0 Å². The molecule has 1 N–H and O–H groups in total. The Morgan fingerprint density at radius 2 is 1.64 bits per heavy atom. The highest BCUT2D eigenvalue weighted by atomic mass is 16.5. The van der Waals surface area contributed by atoms with Crippen molar-refractivity contribution in [1.82, 2.24) is 15.1 Å². The van der Waals surface area contributed by atoms with Crippen molar-refractivity contribution in [2.24, 2.45) is 0 Å². The van der Waals surface area contributed by atoms with Gasteiger partial charge in [0.1, 0.15) is 17.9 Å². The number of benzene rings is 3. The van der Waals surface area contributed by atoms with Crippen molar-refractivity contribution in [2.45, 2.75) is 32.2 Å². The number of rotatable bonds is 9. The molecular weight excluding hydrogens is 488 g/mol. The van der Waals surface area contributed by atoms with Crippen LogP contribution in [0.25, 0.3) is 11.1 Å². The van der Waals surface area contributed by atoms with Gasteiger partial charge in [-0.3, -0.25) is 14.5 Å². The van der Waals surface area contributed by atoms with E-state index < -0.39 is 5.54 Å². The van der Waals surface area contributed by atoms with Gasteiger partial charge in [-0.25, -0.2) is 0 Å². The third-order valence-electron chi connectivity index (χ3n) is 8.11. The summed E-state index contributed by atoms with van der Waals surface area (Å²) < 4.78 is 6.13. The van der Waals surface area contributed by atoms with Crippen molar-refractivity contribution in [3.63, 3.8) is 0 Å². The number of para-hydroxylation sites is 1. The summed E-state index contributed by atoms with van der Waals surface area (Å²) in [6.45, 7) is 9.09. The van der Waals surface area contributed by atoms with Crippen LogP contribution >= 0.6 is 0 Å². The number of anilines is 1. The van der Waals surface area contributed by atoms with E-state index in [9.17, 15) is 9.59 Å². The molecule has 3 aromatic rings. The highest BCUT2D eigenvalue weighted by Crippen LogP contribution is 2.36. The van der Waals surface area contributed by atoms with E-state index in [1.165, 1.54) is 0 Å². The maximum absolute atomic E-state index is 12.9. The standard InChI is InChI=1S/C32H38N4O3/c1-3-35(4-2)30(37)26-15-13-25(14-16-26)27-9-8-12-29(23-27)39-22-21-34-19-17-32(18-20-34)31(38)33-24-36(32)28-10-6-5-7-11-28/h5-16,23H,3-4,17-22,24H2,1-2H3,(H,33,38). The molecule has 0 bridgehead atoms. The molecule has 2 saturated heterocycles. The third-order valence-corrected chi connectivity index (χ3v) is 8.11. The predicted molar refractivity (Wildman–Crippen MR) is 155 cm³/mol. The number of ether oxygens (including phenoxy) is 1. The molecule has 2 aliphatic rings. The van der Waals surface area contributed by atoms with Crippen LogP contribution in [0.2, 0.25) is 0 Å². The minimum Gasteiger partial charge on any atom is -0.492 e. The molecule has 0 radical (unpaired) electrons. The largest absolute Gasteiger partial charge is 0.492 e. The Hall–Kier alpha value is -3.84. The number of hydrogen-bond donors (Lipinski definition) is 1. The minimum atomic E-state index is -0.460. The fraction of sp³-hybridized carbons (Fsp3) is 0.375. The number of amides is 2. The molecule has 7 heteroatoms. The van der Waals surface area contributed by atoms with Crippen LogP contribution in [-0.2, 0) is 4.79 Å². The Bertz CT molecular complexity index is 1270. The Morgan fingerprint density at radius 3 is 2.33 bits per heavy atom. The van der Waals surface area contributed by atoms with Crippen LogP contribution in [0.3, 0.4) is 0 Å². The van der Waals surface area contributed by atoms with Crippen LogP contribution in [0.5, 0.6) is 5.75 Å². The quantitative estimate of drug-likeness (QED) is 0.440. The predicted octanol–water partition coefficient (Wildman–Crippen LogP) is 4.64. The minimum absolute atomic E-state index is 0.0635. The Morgan fingerprint density at radius 1 is 0.923 bits per heavy atom. The Kier molecular flexibility index (Phi) is 8.17. The zero-order valence-electron chi connectivity index (χ0n) is 22.9. The van der Waals surface area contributed by atoms with Crippen LogP contribution < -0.4 is 15.0 Å². The van der Waals surface area contributed by atoms with Crippen LogP contribution in [0, 0.1) is 0 Å². The van der Waals surface area contributed by atoms with E-state index in [-0.39, 0.29) is 11.8 Å². The second-order valence-corrected chi connectivity index (χ2v) is 10.2. The molecule has 2 aliphatic heterocycles. The summed E-state index contributed by atoms with van der Waals surface area (Å²) >= 11 is 0. The Balaban J connectivity index is 1.14. The van der Waals surface area contributed by atoms with Gasteiger partial charge in [0.25, 0.3) is 5.91 Å². The third kappa shape index (κ3) is 5.64. The molecule has 2 heterocycles. The summed E-state index contributed by atoms with van der Waals surface area (Å²) in [6.07, 6.45) is 1.60. The second-order valence-electron chi connectivity index (χ2n) is 10.2. The van der Waals surface area contributed by atoms with E-state index in [0.29, 0.717) is 31.9 Å². The van der Waals surface area contributed by atoms with Gasteiger partial charge in [0.2, 0.25) is 5.91 Å². The smallest absolute Gasteiger partial charge is 0.253 e.